The Bertz CT molecular complexity index is 611. The number of hydrogen-bond donors (Lipinski definition) is 0. The van der Waals surface area contributed by atoms with Crippen LogP contribution < -0.4 is 9.47 Å². The standard InChI is InChI=1S/C16H25NO5S/c1-20-11-10-17(13-6-4-5-7-13)23(18,19)14-8-9-15(21-2)16(12-14)22-3/h8-9,12-13H,4-7,10-11H2,1-3H3. The van der Waals surface area contributed by atoms with E-state index >= 15 is 0 Å². The van der Waals surface area contributed by atoms with Gasteiger partial charge in [0.15, 0.2) is 11.5 Å². The molecule has 2 rings (SSSR count). The van der Waals surface area contributed by atoms with E-state index in [1.54, 1.807) is 23.5 Å². The van der Waals surface area contributed by atoms with Crippen molar-refractivity contribution in [2.45, 2.75) is 36.6 Å². The van der Waals surface area contributed by atoms with Crippen molar-refractivity contribution in [1.82, 2.24) is 4.31 Å². The van der Waals surface area contributed by atoms with Crippen molar-refractivity contribution in [1.29, 1.82) is 0 Å². The summed E-state index contributed by atoms with van der Waals surface area (Å²) in [5, 5.41) is 0. The Morgan fingerprint density at radius 3 is 2.30 bits per heavy atom. The zero-order valence-electron chi connectivity index (χ0n) is 13.9. The first-order valence-electron chi connectivity index (χ1n) is 7.77. The van der Waals surface area contributed by atoms with Gasteiger partial charge in [0.2, 0.25) is 10.0 Å². The van der Waals surface area contributed by atoms with Crippen molar-refractivity contribution in [3.8, 4) is 11.5 Å². The molecule has 0 saturated heterocycles. The fourth-order valence-corrected chi connectivity index (χ4v) is 4.67. The molecule has 0 heterocycles. The molecule has 1 aliphatic carbocycles. The fourth-order valence-electron chi connectivity index (χ4n) is 2.98. The summed E-state index contributed by atoms with van der Waals surface area (Å²) in [5.74, 6) is 0.919. The summed E-state index contributed by atoms with van der Waals surface area (Å²) in [7, 11) is 1.000. The average Bonchev–Trinajstić information content (AvgIpc) is 3.08. The normalized spacial score (nSPS) is 16.0. The second kappa shape index (κ2) is 7.99. The molecule has 0 aromatic heterocycles. The number of sulfonamides is 1. The Morgan fingerprint density at radius 1 is 1.09 bits per heavy atom. The summed E-state index contributed by atoms with van der Waals surface area (Å²) >= 11 is 0. The fraction of sp³-hybridized carbons (Fsp3) is 0.625. The summed E-state index contributed by atoms with van der Waals surface area (Å²) in [6.45, 7) is 0.737. The molecule has 0 radical (unpaired) electrons. The van der Waals surface area contributed by atoms with E-state index in [9.17, 15) is 8.42 Å². The van der Waals surface area contributed by atoms with E-state index in [0.717, 1.165) is 25.7 Å². The summed E-state index contributed by atoms with van der Waals surface area (Å²) in [5.41, 5.74) is 0. The van der Waals surface area contributed by atoms with Crippen molar-refractivity contribution in [2.24, 2.45) is 0 Å². The van der Waals surface area contributed by atoms with E-state index in [1.165, 1.54) is 20.3 Å². The van der Waals surface area contributed by atoms with E-state index < -0.39 is 10.0 Å². The van der Waals surface area contributed by atoms with E-state index in [4.69, 9.17) is 14.2 Å². The minimum absolute atomic E-state index is 0.0447. The van der Waals surface area contributed by atoms with E-state index in [0.29, 0.717) is 24.7 Å². The van der Waals surface area contributed by atoms with Gasteiger partial charge in [-0.15, -0.1) is 0 Å². The second-order valence-electron chi connectivity index (χ2n) is 5.56. The summed E-state index contributed by atoms with van der Waals surface area (Å²) < 4.78 is 43.2. The summed E-state index contributed by atoms with van der Waals surface area (Å²) in [6.07, 6.45) is 3.93. The zero-order chi connectivity index (χ0) is 16.9. The van der Waals surface area contributed by atoms with Crippen LogP contribution >= 0.6 is 0 Å². The zero-order valence-corrected chi connectivity index (χ0v) is 14.8. The molecule has 23 heavy (non-hydrogen) atoms. The van der Waals surface area contributed by atoms with Gasteiger partial charge >= 0.3 is 0 Å². The SMILES string of the molecule is COCCN(C1CCCC1)S(=O)(=O)c1ccc(OC)c(OC)c1. The van der Waals surface area contributed by atoms with Crippen LogP contribution in [0.5, 0.6) is 11.5 Å². The highest BCUT2D eigenvalue weighted by molar-refractivity contribution is 7.89. The van der Waals surface area contributed by atoms with Crippen LogP contribution in [-0.4, -0.2) is 53.2 Å². The smallest absolute Gasteiger partial charge is 0.243 e. The molecular weight excluding hydrogens is 318 g/mol. The van der Waals surface area contributed by atoms with Gasteiger partial charge in [-0.05, 0) is 25.0 Å². The lowest BCUT2D eigenvalue weighted by molar-refractivity contribution is 0.166. The van der Waals surface area contributed by atoms with Gasteiger partial charge in [-0.1, -0.05) is 12.8 Å². The van der Waals surface area contributed by atoms with Gasteiger partial charge < -0.3 is 14.2 Å². The third-order valence-corrected chi connectivity index (χ3v) is 6.16. The Kier molecular flexibility index (Phi) is 6.26. The van der Waals surface area contributed by atoms with Crippen LogP contribution in [0.15, 0.2) is 23.1 Å². The van der Waals surface area contributed by atoms with Crippen molar-refractivity contribution < 1.29 is 22.6 Å². The largest absolute Gasteiger partial charge is 0.493 e. The molecule has 0 aliphatic heterocycles. The van der Waals surface area contributed by atoms with Gasteiger partial charge in [0.25, 0.3) is 0 Å². The molecule has 0 bridgehead atoms. The molecule has 0 amide bonds. The Morgan fingerprint density at radius 2 is 1.74 bits per heavy atom. The predicted octanol–water partition coefficient (Wildman–Crippen LogP) is 2.28. The molecule has 0 spiro atoms. The number of methoxy groups -OCH3 is 3. The molecular formula is C16H25NO5S. The molecule has 1 aromatic carbocycles. The number of rotatable bonds is 8. The quantitative estimate of drug-likeness (QED) is 0.724. The van der Waals surface area contributed by atoms with Crippen LogP contribution in [0.3, 0.4) is 0 Å². The van der Waals surface area contributed by atoms with Gasteiger partial charge in [-0.2, -0.15) is 4.31 Å². The molecule has 1 aromatic rings. The molecule has 6 nitrogen and oxygen atoms in total. The first-order chi connectivity index (χ1) is 11.0. The highest BCUT2D eigenvalue weighted by Crippen LogP contribution is 2.33. The molecule has 130 valence electrons. The van der Waals surface area contributed by atoms with Crippen LogP contribution in [0.2, 0.25) is 0 Å². The molecule has 0 N–H and O–H groups in total. The lowest BCUT2D eigenvalue weighted by Crippen LogP contribution is -2.40. The third-order valence-electron chi connectivity index (χ3n) is 4.21. The monoisotopic (exact) mass is 343 g/mol. The van der Waals surface area contributed by atoms with Gasteiger partial charge in [0.1, 0.15) is 0 Å². The number of nitrogens with zero attached hydrogens (tertiary/aromatic N) is 1. The van der Waals surface area contributed by atoms with E-state index in [2.05, 4.69) is 0 Å². The molecule has 0 atom stereocenters. The first-order valence-corrected chi connectivity index (χ1v) is 9.21. The van der Waals surface area contributed by atoms with Crippen molar-refractivity contribution in [2.75, 3.05) is 34.5 Å². The van der Waals surface area contributed by atoms with E-state index in [-0.39, 0.29) is 10.9 Å². The topological polar surface area (TPSA) is 65.1 Å². The number of benzene rings is 1. The third kappa shape index (κ3) is 3.97. The van der Waals surface area contributed by atoms with Crippen LogP contribution in [-0.2, 0) is 14.8 Å². The van der Waals surface area contributed by atoms with Crippen LogP contribution in [0.25, 0.3) is 0 Å². The van der Waals surface area contributed by atoms with Crippen LogP contribution in [0.1, 0.15) is 25.7 Å². The van der Waals surface area contributed by atoms with Crippen LogP contribution in [0, 0.1) is 0 Å². The van der Waals surface area contributed by atoms with E-state index in [1.807, 2.05) is 0 Å². The molecule has 0 unspecified atom stereocenters. The Balaban J connectivity index is 2.36. The molecule has 1 saturated carbocycles. The van der Waals surface area contributed by atoms with Gasteiger partial charge in [-0.25, -0.2) is 8.42 Å². The van der Waals surface area contributed by atoms with Crippen molar-refractivity contribution in [3.05, 3.63) is 18.2 Å². The lowest BCUT2D eigenvalue weighted by atomic mass is 10.2. The minimum atomic E-state index is -3.60. The number of ether oxygens (including phenoxy) is 3. The predicted molar refractivity (Wildman–Crippen MR) is 87.6 cm³/mol. The minimum Gasteiger partial charge on any atom is -0.493 e. The van der Waals surface area contributed by atoms with Gasteiger partial charge in [0, 0.05) is 25.8 Å². The molecule has 7 heteroatoms. The second-order valence-corrected chi connectivity index (χ2v) is 7.45. The lowest BCUT2D eigenvalue weighted by Gasteiger charge is -2.28. The highest BCUT2D eigenvalue weighted by Gasteiger charge is 2.33. The highest BCUT2D eigenvalue weighted by atomic mass is 32.2. The summed E-state index contributed by atoms with van der Waals surface area (Å²) in [4.78, 5) is 0.221. The summed E-state index contributed by atoms with van der Waals surface area (Å²) in [6, 6.07) is 4.74. The maximum Gasteiger partial charge on any atom is 0.243 e. The van der Waals surface area contributed by atoms with Crippen molar-refractivity contribution >= 4 is 10.0 Å². The maximum atomic E-state index is 13.1. The average molecular weight is 343 g/mol. The first kappa shape index (κ1) is 18.0. The van der Waals surface area contributed by atoms with Crippen LogP contribution in [0.4, 0.5) is 0 Å². The van der Waals surface area contributed by atoms with Gasteiger partial charge in [-0.3, -0.25) is 0 Å². The Labute approximate surface area is 138 Å². The molecule has 1 aliphatic rings. The molecule has 1 fully saturated rings. The number of hydrogen-bond acceptors (Lipinski definition) is 5. The van der Waals surface area contributed by atoms with Gasteiger partial charge in [0.05, 0.1) is 25.7 Å². The Hall–Kier alpha value is -1.31. The maximum absolute atomic E-state index is 13.1. The van der Waals surface area contributed by atoms with Crippen molar-refractivity contribution in [3.63, 3.8) is 0 Å².